The third kappa shape index (κ3) is 5.42. The Hall–Kier alpha value is -2.96. The largest absolute Gasteiger partial charge is 0.497 e. The number of anilines is 1. The Balaban J connectivity index is 1.34. The zero-order valence-corrected chi connectivity index (χ0v) is 24.4. The molecule has 10 nitrogen and oxygen atoms in total. The van der Waals surface area contributed by atoms with E-state index >= 15 is 0 Å². The first-order valence-electron chi connectivity index (χ1n) is 13.2. The van der Waals surface area contributed by atoms with Crippen molar-refractivity contribution in [2.75, 3.05) is 51.3 Å². The highest BCUT2D eigenvalue weighted by atomic mass is 32.2. The predicted octanol–water partition coefficient (Wildman–Crippen LogP) is 2.79. The highest BCUT2D eigenvalue weighted by molar-refractivity contribution is 7.89. The second-order valence-electron chi connectivity index (χ2n) is 10.7. The number of nitrogens with zero attached hydrogens (tertiary/aromatic N) is 5. The molecular formula is C27H35N5O5S2. The van der Waals surface area contributed by atoms with Crippen molar-refractivity contribution in [3.05, 3.63) is 45.8 Å². The number of rotatable bonds is 6. The van der Waals surface area contributed by atoms with E-state index in [4.69, 9.17) is 4.74 Å². The van der Waals surface area contributed by atoms with E-state index in [1.54, 1.807) is 18.9 Å². The van der Waals surface area contributed by atoms with Crippen molar-refractivity contribution in [1.82, 2.24) is 18.8 Å². The van der Waals surface area contributed by atoms with Crippen LogP contribution in [0.4, 0.5) is 5.69 Å². The van der Waals surface area contributed by atoms with Crippen LogP contribution >= 0.6 is 11.3 Å². The van der Waals surface area contributed by atoms with Crippen molar-refractivity contribution < 1.29 is 17.9 Å². The summed E-state index contributed by atoms with van der Waals surface area (Å²) in [6.45, 7) is 8.88. The topological polar surface area (TPSA) is 105 Å². The minimum atomic E-state index is -3.89. The smallest absolute Gasteiger partial charge is 0.263 e. The van der Waals surface area contributed by atoms with Gasteiger partial charge in [0, 0.05) is 49.8 Å². The van der Waals surface area contributed by atoms with Gasteiger partial charge in [-0.3, -0.25) is 14.2 Å². The van der Waals surface area contributed by atoms with Gasteiger partial charge in [-0.1, -0.05) is 13.8 Å². The summed E-state index contributed by atoms with van der Waals surface area (Å²) < 4.78 is 35.5. The number of aromatic nitrogens is 2. The number of methoxy groups -OCH3 is 1. The third-order valence-electron chi connectivity index (χ3n) is 7.61. The summed E-state index contributed by atoms with van der Waals surface area (Å²) in [7, 11) is -2.25. The SMILES string of the molecule is COc1ccc(N2CCN(C(=O)Cn3cnc4sc(C)c(S(=O)(=O)N5C[C@@H](C)C[C@H](C)C5)c4c3=O)CC2)cc1. The summed E-state index contributed by atoms with van der Waals surface area (Å²) in [5, 5.41) is 0.0861. The van der Waals surface area contributed by atoms with E-state index in [0.29, 0.717) is 49.0 Å². The monoisotopic (exact) mass is 573 g/mol. The Bertz CT molecular complexity index is 1510. The van der Waals surface area contributed by atoms with E-state index in [1.807, 2.05) is 38.1 Å². The molecule has 0 N–H and O–H groups in total. The molecule has 4 heterocycles. The van der Waals surface area contributed by atoms with Crippen molar-refractivity contribution in [2.24, 2.45) is 11.8 Å². The molecule has 0 aliphatic carbocycles. The maximum Gasteiger partial charge on any atom is 0.263 e. The highest BCUT2D eigenvalue weighted by Crippen LogP contribution is 2.35. The lowest BCUT2D eigenvalue weighted by Crippen LogP contribution is -2.50. The van der Waals surface area contributed by atoms with Crippen molar-refractivity contribution in [2.45, 2.75) is 38.6 Å². The maximum absolute atomic E-state index is 13.8. The van der Waals surface area contributed by atoms with Gasteiger partial charge in [0.2, 0.25) is 15.9 Å². The first-order valence-corrected chi connectivity index (χ1v) is 15.5. The van der Waals surface area contributed by atoms with E-state index in [0.717, 1.165) is 17.9 Å². The molecule has 39 heavy (non-hydrogen) atoms. The molecule has 0 saturated carbocycles. The van der Waals surface area contributed by atoms with Crippen LogP contribution in [-0.4, -0.2) is 79.5 Å². The molecule has 5 rings (SSSR count). The van der Waals surface area contributed by atoms with Crippen LogP contribution in [0.15, 0.2) is 40.3 Å². The van der Waals surface area contributed by atoms with Gasteiger partial charge in [-0.25, -0.2) is 13.4 Å². The van der Waals surface area contributed by atoms with Gasteiger partial charge >= 0.3 is 0 Å². The van der Waals surface area contributed by atoms with Gasteiger partial charge in [-0.2, -0.15) is 4.31 Å². The molecule has 12 heteroatoms. The van der Waals surface area contributed by atoms with Crippen LogP contribution in [-0.2, 0) is 21.4 Å². The van der Waals surface area contributed by atoms with Gasteiger partial charge in [0.05, 0.1) is 18.8 Å². The molecule has 210 valence electrons. The molecule has 3 aromatic rings. The second kappa shape index (κ2) is 10.9. The molecule has 2 fully saturated rings. The molecule has 1 aromatic carbocycles. The Morgan fingerprint density at radius 2 is 1.72 bits per heavy atom. The number of piperazine rings is 1. The normalized spacial score (nSPS) is 20.9. The van der Waals surface area contributed by atoms with E-state index in [9.17, 15) is 18.0 Å². The van der Waals surface area contributed by atoms with Crippen LogP contribution in [0.5, 0.6) is 5.75 Å². The van der Waals surface area contributed by atoms with E-state index in [2.05, 4.69) is 9.88 Å². The lowest BCUT2D eigenvalue weighted by atomic mass is 9.94. The van der Waals surface area contributed by atoms with E-state index < -0.39 is 15.6 Å². The standard InChI is InChI=1S/C27H35N5O5S2/c1-18-13-19(2)15-32(14-18)39(35,36)25-20(3)38-26-24(25)27(34)31(17-28-26)16-23(33)30-11-9-29(10-12-30)21-5-7-22(37-4)8-6-21/h5-8,17-19H,9-16H2,1-4H3/t18-,19-/m0/s1. The number of fused-ring (bicyclic) bond motifs is 1. The molecule has 2 aromatic heterocycles. The molecule has 0 unspecified atom stereocenters. The summed E-state index contributed by atoms with van der Waals surface area (Å²) >= 11 is 1.20. The van der Waals surface area contributed by atoms with Gasteiger partial charge in [-0.15, -0.1) is 11.3 Å². The van der Waals surface area contributed by atoms with Crippen molar-refractivity contribution >= 4 is 43.2 Å². The zero-order chi connectivity index (χ0) is 27.9. The van der Waals surface area contributed by atoms with E-state index in [-0.39, 0.29) is 34.6 Å². The van der Waals surface area contributed by atoms with Gasteiger partial charge in [-0.05, 0) is 49.4 Å². The van der Waals surface area contributed by atoms with Crippen LogP contribution < -0.4 is 15.2 Å². The molecule has 2 atom stereocenters. The van der Waals surface area contributed by atoms with Crippen molar-refractivity contribution in [3.63, 3.8) is 0 Å². The second-order valence-corrected chi connectivity index (χ2v) is 13.8. The Morgan fingerprint density at radius 3 is 2.33 bits per heavy atom. The Morgan fingerprint density at radius 1 is 1.08 bits per heavy atom. The van der Waals surface area contributed by atoms with Crippen LogP contribution in [0.2, 0.25) is 0 Å². The number of ether oxygens (including phenoxy) is 1. The summed E-state index contributed by atoms with van der Waals surface area (Å²) in [5.74, 6) is 1.08. The van der Waals surface area contributed by atoms with Crippen LogP contribution in [0.1, 0.15) is 25.1 Å². The minimum absolute atomic E-state index is 0.0382. The molecule has 2 aliphatic rings. The molecule has 2 saturated heterocycles. The Labute approximate surface area is 232 Å². The van der Waals surface area contributed by atoms with Gasteiger partial charge < -0.3 is 14.5 Å². The fourth-order valence-electron chi connectivity index (χ4n) is 5.72. The number of hydrogen-bond acceptors (Lipinski definition) is 8. The van der Waals surface area contributed by atoms with Crippen molar-refractivity contribution in [3.8, 4) is 5.75 Å². The number of aryl methyl sites for hydroxylation is 1. The first-order chi connectivity index (χ1) is 18.6. The average Bonchev–Trinajstić information content (AvgIpc) is 3.27. The molecule has 0 spiro atoms. The number of carbonyl (C=O) groups is 1. The summed E-state index contributed by atoms with van der Waals surface area (Å²) in [5.41, 5.74) is 0.569. The van der Waals surface area contributed by atoms with E-state index in [1.165, 1.54) is 26.5 Å². The lowest BCUT2D eigenvalue weighted by Gasteiger charge is -2.36. The number of benzene rings is 1. The number of thiophene rings is 1. The Kier molecular flexibility index (Phi) is 7.71. The fourth-order valence-corrected chi connectivity index (χ4v) is 9.07. The number of hydrogen-bond donors (Lipinski definition) is 0. The summed E-state index contributed by atoms with van der Waals surface area (Å²) in [6.07, 6.45) is 2.33. The van der Waals surface area contributed by atoms with Crippen LogP contribution in [0.3, 0.4) is 0 Å². The predicted molar refractivity (Wildman–Crippen MR) is 152 cm³/mol. The number of sulfonamides is 1. The lowest BCUT2D eigenvalue weighted by molar-refractivity contribution is -0.132. The summed E-state index contributed by atoms with van der Waals surface area (Å²) in [6, 6.07) is 7.82. The van der Waals surface area contributed by atoms with Gasteiger partial charge in [0.25, 0.3) is 5.56 Å². The number of piperidine rings is 1. The molecule has 1 amide bonds. The van der Waals surface area contributed by atoms with Crippen molar-refractivity contribution in [1.29, 1.82) is 0 Å². The first kappa shape index (κ1) is 27.6. The van der Waals surface area contributed by atoms with Crippen LogP contribution in [0.25, 0.3) is 10.2 Å². The molecule has 0 bridgehead atoms. The average molecular weight is 574 g/mol. The zero-order valence-electron chi connectivity index (χ0n) is 22.8. The number of amides is 1. The fraction of sp³-hybridized carbons (Fsp3) is 0.519. The maximum atomic E-state index is 13.8. The molecular weight excluding hydrogens is 538 g/mol. The summed E-state index contributed by atoms with van der Waals surface area (Å²) in [4.78, 5) is 36.0. The molecule has 0 radical (unpaired) electrons. The third-order valence-corrected chi connectivity index (χ3v) is 10.8. The van der Waals surface area contributed by atoms with Gasteiger partial charge in [0.15, 0.2) is 0 Å². The van der Waals surface area contributed by atoms with Gasteiger partial charge in [0.1, 0.15) is 22.0 Å². The quantitative estimate of drug-likeness (QED) is 0.447. The molecule has 2 aliphatic heterocycles. The highest BCUT2D eigenvalue weighted by Gasteiger charge is 2.36. The number of carbonyl (C=O) groups excluding carboxylic acids is 1. The van der Waals surface area contributed by atoms with Crippen LogP contribution in [0, 0.1) is 18.8 Å². The minimum Gasteiger partial charge on any atom is -0.497 e.